The highest BCUT2D eigenvalue weighted by atomic mass is 16.6. The van der Waals surface area contributed by atoms with Crippen molar-refractivity contribution in [2.75, 3.05) is 33.9 Å². The molecule has 0 aliphatic heterocycles. The van der Waals surface area contributed by atoms with E-state index in [9.17, 15) is 24.0 Å². The molecule has 0 saturated heterocycles. The molecule has 0 aromatic rings. The maximum Gasteiger partial charge on any atom is 0.313 e. The number of Topliss-reactive ketones (excluding diaryl/α,β-unsaturated/α-hetero) is 2. The molecule has 0 fully saturated rings. The van der Waals surface area contributed by atoms with Gasteiger partial charge in [0.15, 0.2) is 6.10 Å². The van der Waals surface area contributed by atoms with Gasteiger partial charge in [-0.25, -0.2) is 0 Å². The van der Waals surface area contributed by atoms with E-state index in [2.05, 4.69) is 0 Å². The summed E-state index contributed by atoms with van der Waals surface area (Å²) in [5.74, 6) is -2.77. The van der Waals surface area contributed by atoms with E-state index in [1.54, 1.807) is 0 Å². The summed E-state index contributed by atoms with van der Waals surface area (Å²) in [6.45, 7) is 2.48. The molecule has 9 nitrogen and oxygen atoms in total. The minimum atomic E-state index is -1.01. The predicted molar refractivity (Wildman–Crippen MR) is 90.2 cm³/mol. The molecule has 0 atom stereocenters. The smallest absolute Gasteiger partial charge is 0.313 e. The van der Waals surface area contributed by atoms with Crippen molar-refractivity contribution in [3.63, 3.8) is 0 Å². The van der Waals surface area contributed by atoms with Gasteiger partial charge in [-0.2, -0.15) is 0 Å². The SMILES string of the molecule is CC(=O)CC(=O)OCC(COC(=O)CC(C)=O)OC(=O)CCCN(C)C. The Bertz CT molecular complexity index is 483. The summed E-state index contributed by atoms with van der Waals surface area (Å²) < 4.78 is 14.9. The minimum absolute atomic E-state index is 0.150. The standard InChI is InChI=1S/C17H27NO8/c1-12(19)8-16(22)24-10-14(11-25-17(23)9-13(2)20)26-15(21)6-5-7-18(3)4/h14H,5-11H2,1-4H3. The van der Waals surface area contributed by atoms with Gasteiger partial charge in [0.25, 0.3) is 0 Å². The Morgan fingerprint density at radius 1 is 0.808 bits per heavy atom. The first-order valence-corrected chi connectivity index (χ1v) is 8.24. The van der Waals surface area contributed by atoms with E-state index in [1.165, 1.54) is 13.8 Å². The van der Waals surface area contributed by atoms with E-state index in [0.29, 0.717) is 13.0 Å². The number of hydrogen-bond acceptors (Lipinski definition) is 9. The average molecular weight is 373 g/mol. The molecule has 0 N–H and O–H groups in total. The second-order valence-corrected chi connectivity index (χ2v) is 6.14. The van der Waals surface area contributed by atoms with Crippen LogP contribution in [0.15, 0.2) is 0 Å². The zero-order valence-corrected chi connectivity index (χ0v) is 15.7. The zero-order valence-electron chi connectivity index (χ0n) is 15.7. The third kappa shape index (κ3) is 14.1. The number of carbonyl (C=O) groups is 5. The Morgan fingerprint density at radius 2 is 1.27 bits per heavy atom. The van der Waals surface area contributed by atoms with E-state index >= 15 is 0 Å². The number of hydrogen-bond donors (Lipinski definition) is 0. The van der Waals surface area contributed by atoms with Crippen LogP contribution in [0, 0.1) is 0 Å². The molecule has 0 bridgehead atoms. The molecule has 148 valence electrons. The minimum Gasteiger partial charge on any atom is -0.461 e. The van der Waals surface area contributed by atoms with Crippen molar-refractivity contribution >= 4 is 29.5 Å². The van der Waals surface area contributed by atoms with Crippen LogP contribution < -0.4 is 0 Å². The molecule has 0 aliphatic rings. The van der Waals surface area contributed by atoms with Crippen LogP contribution in [-0.2, 0) is 38.2 Å². The van der Waals surface area contributed by atoms with E-state index in [1.807, 2.05) is 19.0 Å². The van der Waals surface area contributed by atoms with E-state index in [0.717, 1.165) is 0 Å². The monoisotopic (exact) mass is 373 g/mol. The Labute approximate surface area is 152 Å². The van der Waals surface area contributed by atoms with Crippen molar-refractivity contribution in [3.8, 4) is 0 Å². The Balaban J connectivity index is 4.53. The molecular formula is C17H27NO8. The highest BCUT2D eigenvalue weighted by Crippen LogP contribution is 2.03. The van der Waals surface area contributed by atoms with Crippen molar-refractivity contribution < 1.29 is 38.2 Å². The highest BCUT2D eigenvalue weighted by Gasteiger charge is 2.20. The topological polar surface area (TPSA) is 116 Å². The summed E-state index contributed by atoms with van der Waals surface area (Å²) >= 11 is 0. The van der Waals surface area contributed by atoms with E-state index < -0.39 is 36.9 Å². The molecule has 0 saturated carbocycles. The van der Waals surface area contributed by atoms with E-state index in [-0.39, 0.29) is 31.2 Å². The summed E-state index contributed by atoms with van der Waals surface area (Å²) in [4.78, 5) is 58.4. The van der Waals surface area contributed by atoms with Crippen LogP contribution in [0.2, 0.25) is 0 Å². The lowest BCUT2D eigenvalue weighted by Crippen LogP contribution is -2.31. The van der Waals surface area contributed by atoms with Crippen LogP contribution in [0.1, 0.15) is 39.5 Å². The second-order valence-electron chi connectivity index (χ2n) is 6.14. The maximum absolute atomic E-state index is 11.8. The molecule has 0 spiro atoms. The Hall–Kier alpha value is -2.29. The van der Waals surface area contributed by atoms with Crippen LogP contribution in [0.25, 0.3) is 0 Å². The molecule has 0 radical (unpaired) electrons. The maximum atomic E-state index is 11.8. The Kier molecular flexibility index (Phi) is 11.8. The lowest BCUT2D eigenvalue weighted by atomic mass is 10.3. The number of esters is 3. The zero-order chi connectivity index (χ0) is 20.1. The fourth-order valence-electron chi connectivity index (χ4n) is 1.78. The van der Waals surface area contributed by atoms with Crippen LogP contribution in [-0.4, -0.2) is 74.3 Å². The third-order valence-electron chi connectivity index (χ3n) is 2.93. The molecule has 0 amide bonds. The average Bonchev–Trinajstić information content (AvgIpc) is 2.48. The lowest BCUT2D eigenvalue weighted by molar-refractivity contribution is -0.167. The normalized spacial score (nSPS) is 10.5. The van der Waals surface area contributed by atoms with Gasteiger partial charge >= 0.3 is 17.9 Å². The second kappa shape index (κ2) is 13.0. The quantitative estimate of drug-likeness (QED) is 0.255. The number of ether oxygens (including phenoxy) is 3. The van der Waals surface area contributed by atoms with Gasteiger partial charge in [0.2, 0.25) is 0 Å². The van der Waals surface area contributed by atoms with E-state index in [4.69, 9.17) is 14.2 Å². The molecule has 0 aromatic carbocycles. The van der Waals surface area contributed by atoms with Crippen molar-refractivity contribution in [1.82, 2.24) is 4.90 Å². The molecule has 0 aliphatic carbocycles. The van der Waals surface area contributed by atoms with Gasteiger partial charge in [-0.15, -0.1) is 0 Å². The van der Waals surface area contributed by atoms with Crippen molar-refractivity contribution in [1.29, 1.82) is 0 Å². The van der Waals surface area contributed by atoms with Gasteiger partial charge in [0.1, 0.15) is 37.6 Å². The molecule has 0 unspecified atom stereocenters. The van der Waals surface area contributed by atoms with Crippen molar-refractivity contribution in [2.45, 2.75) is 45.6 Å². The first-order valence-electron chi connectivity index (χ1n) is 8.24. The van der Waals surface area contributed by atoms with Crippen LogP contribution in [0.4, 0.5) is 0 Å². The van der Waals surface area contributed by atoms with Gasteiger partial charge in [-0.3, -0.25) is 24.0 Å². The summed E-state index contributed by atoms with van der Waals surface area (Å²) in [6, 6.07) is 0. The van der Waals surface area contributed by atoms with Gasteiger partial charge in [0.05, 0.1) is 0 Å². The van der Waals surface area contributed by atoms with Crippen LogP contribution in [0.5, 0.6) is 0 Å². The molecule has 0 heterocycles. The molecule has 26 heavy (non-hydrogen) atoms. The number of carbonyl (C=O) groups excluding carboxylic acids is 5. The summed E-state index contributed by atoms with van der Waals surface area (Å²) in [7, 11) is 3.74. The van der Waals surface area contributed by atoms with Crippen LogP contribution >= 0.6 is 0 Å². The van der Waals surface area contributed by atoms with Crippen LogP contribution in [0.3, 0.4) is 0 Å². The van der Waals surface area contributed by atoms with Gasteiger partial charge in [-0.1, -0.05) is 0 Å². The summed E-state index contributed by atoms with van der Waals surface area (Å²) in [5.41, 5.74) is 0. The molecule has 9 heteroatoms. The van der Waals surface area contributed by atoms with Gasteiger partial charge in [-0.05, 0) is 40.9 Å². The summed E-state index contributed by atoms with van der Waals surface area (Å²) in [6.07, 6.45) is -1.07. The third-order valence-corrected chi connectivity index (χ3v) is 2.93. The summed E-state index contributed by atoms with van der Waals surface area (Å²) in [5, 5.41) is 0. The largest absolute Gasteiger partial charge is 0.461 e. The number of ketones is 2. The molecular weight excluding hydrogens is 346 g/mol. The lowest BCUT2D eigenvalue weighted by Gasteiger charge is -2.18. The van der Waals surface area contributed by atoms with Crippen molar-refractivity contribution in [2.24, 2.45) is 0 Å². The fraction of sp³-hybridized carbons (Fsp3) is 0.706. The first-order chi connectivity index (χ1) is 12.1. The predicted octanol–water partition coefficient (Wildman–Crippen LogP) is 0.285. The van der Waals surface area contributed by atoms with Gasteiger partial charge < -0.3 is 19.1 Å². The number of rotatable bonds is 13. The molecule has 0 rings (SSSR count). The molecule has 0 aromatic heterocycles. The highest BCUT2D eigenvalue weighted by molar-refractivity contribution is 5.94. The Morgan fingerprint density at radius 3 is 1.65 bits per heavy atom. The van der Waals surface area contributed by atoms with Crippen molar-refractivity contribution in [3.05, 3.63) is 0 Å². The number of nitrogens with zero attached hydrogens (tertiary/aromatic N) is 1. The first kappa shape index (κ1) is 23.7. The fourth-order valence-corrected chi connectivity index (χ4v) is 1.78. The van der Waals surface area contributed by atoms with Gasteiger partial charge in [0, 0.05) is 6.42 Å².